The van der Waals surface area contributed by atoms with Crippen molar-refractivity contribution in [3.05, 3.63) is 47.8 Å². The van der Waals surface area contributed by atoms with Gasteiger partial charge in [-0.1, -0.05) is 6.07 Å². The molecule has 94 valence electrons. The molecule has 1 N–H and O–H groups in total. The fraction of sp³-hybridized carbons (Fsp3) is 0.308. The molecular formula is C13H16N4O. The van der Waals surface area contributed by atoms with Crippen molar-refractivity contribution in [2.75, 3.05) is 7.05 Å². The van der Waals surface area contributed by atoms with Crippen LogP contribution in [0.5, 0.6) is 0 Å². The summed E-state index contributed by atoms with van der Waals surface area (Å²) in [5.74, 6) is 0.853. The number of aromatic amines is 1. The Labute approximate surface area is 106 Å². The molecule has 1 amide bonds. The summed E-state index contributed by atoms with van der Waals surface area (Å²) >= 11 is 0. The van der Waals surface area contributed by atoms with Gasteiger partial charge in [0.05, 0.1) is 13.0 Å². The lowest BCUT2D eigenvalue weighted by atomic mass is 10.2. The maximum Gasteiger partial charge on any atom is 0.227 e. The van der Waals surface area contributed by atoms with Gasteiger partial charge in [-0.2, -0.15) is 0 Å². The minimum atomic E-state index is 0.0528. The number of hydrogen-bond acceptors (Lipinski definition) is 3. The number of nitrogens with zero attached hydrogens (tertiary/aromatic N) is 3. The molecule has 0 unspecified atom stereocenters. The van der Waals surface area contributed by atoms with Crippen LogP contribution in [0.15, 0.2) is 30.7 Å². The van der Waals surface area contributed by atoms with Crippen LogP contribution in [-0.4, -0.2) is 32.8 Å². The molecule has 0 atom stereocenters. The largest absolute Gasteiger partial charge is 0.345 e. The summed E-state index contributed by atoms with van der Waals surface area (Å²) in [5, 5.41) is 0. The first-order valence-electron chi connectivity index (χ1n) is 5.78. The van der Waals surface area contributed by atoms with E-state index in [0.29, 0.717) is 13.0 Å². The SMILES string of the molecule is Cc1cnc(CN(C)C(=O)Cc2cccnc2)[nH]1. The predicted molar refractivity (Wildman–Crippen MR) is 67.7 cm³/mol. The van der Waals surface area contributed by atoms with Gasteiger partial charge >= 0.3 is 0 Å². The first-order valence-corrected chi connectivity index (χ1v) is 5.78. The van der Waals surface area contributed by atoms with Crippen LogP contribution in [-0.2, 0) is 17.8 Å². The summed E-state index contributed by atoms with van der Waals surface area (Å²) in [6.07, 6.45) is 5.53. The van der Waals surface area contributed by atoms with E-state index in [2.05, 4.69) is 15.0 Å². The summed E-state index contributed by atoms with van der Waals surface area (Å²) in [4.78, 5) is 24.9. The lowest BCUT2D eigenvalue weighted by molar-refractivity contribution is -0.129. The number of nitrogens with one attached hydrogen (secondary N) is 1. The number of carbonyl (C=O) groups is 1. The lowest BCUT2D eigenvalue weighted by Gasteiger charge is -2.15. The van der Waals surface area contributed by atoms with Crippen molar-refractivity contribution in [3.8, 4) is 0 Å². The number of rotatable bonds is 4. The van der Waals surface area contributed by atoms with E-state index >= 15 is 0 Å². The highest BCUT2D eigenvalue weighted by Crippen LogP contribution is 2.03. The molecule has 0 aliphatic heterocycles. The van der Waals surface area contributed by atoms with Crippen LogP contribution in [0.1, 0.15) is 17.1 Å². The van der Waals surface area contributed by atoms with Crippen molar-refractivity contribution in [1.29, 1.82) is 0 Å². The molecule has 18 heavy (non-hydrogen) atoms. The quantitative estimate of drug-likeness (QED) is 0.882. The molecule has 0 aliphatic carbocycles. The normalized spacial score (nSPS) is 10.3. The number of likely N-dealkylation sites (N-methyl/N-ethyl adjacent to an activating group) is 1. The monoisotopic (exact) mass is 244 g/mol. The fourth-order valence-corrected chi connectivity index (χ4v) is 1.67. The van der Waals surface area contributed by atoms with Gasteiger partial charge in [0, 0.05) is 31.3 Å². The Balaban J connectivity index is 1.93. The average Bonchev–Trinajstić information content (AvgIpc) is 2.76. The van der Waals surface area contributed by atoms with E-state index in [1.54, 1.807) is 30.5 Å². The zero-order valence-corrected chi connectivity index (χ0v) is 10.6. The average molecular weight is 244 g/mol. The number of H-pyrrole nitrogens is 1. The summed E-state index contributed by atoms with van der Waals surface area (Å²) in [7, 11) is 1.77. The van der Waals surface area contributed by atoms with E-state index < -0.39 is 0 Å². The van der Waals surface area contributed by atoms with Crippen molar-refractivity contribution >= 4 is 5.91 Å². The Morgan fingerprint density at radius 2 is 2.28 bits per heavy atom. The van der Waals surface area contributed by atoms with Crippen LogP contribution in [0, 0.1) is 6.92 Å². The topological polar surface area (TPSA) is 61.9 Å². The van der Waals surface area contributed by atoms with Crippen LogP contribution < -0.4 is 0 Å². The van der Waals surface area contributed by atoms with E-state index in [1.807, 2.05) is 19.1 Å². The molecule has 5 nitrogen and oxygen atoms in total. The van der Waals surface area contributed by atoms with E-state index in [1.165, 1.54) is 0 Å². The third-order valence-corrected chi connectivity index (χ3v) is 2.65. The number of pyridine rings is 1. The molecule has 0 saturated heterocycles. The second-order valence-electron chi connectivity index (χ2n) is 4.30. The standard InChI is InChI=1S/C13H16N4O/c1-10-7-15-12(16-10)9-17(2)13(18)6-11-4-3-5-14-8-11/h3-5,7-8H,6,9H2,1-2H3,(H,15,16). The minimum Gasteiger partial charge on any atom is -0.345 e. The molecule has 0 bridgehead atoms. The number of imidazole rings is 1. The van der Waals surface area contributed by atoms with E-state index in [9.17, 15) is 4.79 Å². The first-order chi connectivity index (χ1) is 8.65. The number of hydrogen-bond donors (Lipinski definition) is 1. The molecule has 2 rings (SSSR count). The van der Waals surface area contributed by atoms with Gasteiger partial charge in [0.2, 0.25) is 5.91 Å². The molecule has 5 heteroatoms. The summed E-state index contributed by atoms with van der Waals surface area (Å²) in [6, 6.07) is 3.73. The van der Waals surface area contributed by atoms with Crippen molar-refractivity contribution in [2.45, 2.75) is 19.9 Å². The highest BCUT2D eigenvalue weighted by Gasteiger charge is 2.11. The second-order valence-corrected chi connectivity index (χ2v) is 4.30. The van der Waals surface area contributed by atoms with E-state index in [4.69, 9.17) is 0 Å². The highest BCUT2D eigenvalue weighted by molar-refractivity contribution is 5.78. The van der Waals surface area contributed by atoms with Gasteiger partial charge < -0.3 is 9.88 Å². The van der Waals surface area contributed by atoms with Crippen LogP contribution in [0.25, 0.3) is 0 Å². The Morgan fingerprint density at radius 1 is 1.44 bits per heavy atom. The Hall–Kier alpha value is -2.17. The molecular weight excluding hydrogens is 228 g/mol. The maximum absolute atomic E-state index is 12.0. The molecule has 2 aromatic heterocycles. The molecule has 0 fully saturated rings. The summed E-state index contributed by atoms with van der Waals surface area (Å²) in [6.45, 7) is 2.43. The molecule has 0 radical (unpaired) electrons. The lowest BCUT2D eigenvalue weighted by Crippen LogP contribution is -2.28. The van der Waals surface area contributed by atoms with Gasteiger partial charge in [-0.3, -0.25) is 9.78 Å². The van der Waals surface area contributed by atoms with E-state index in [0.717, 1.165) is 17.1 Å². The number of carbonyl (C=O) groups excluding carboxylic acids is 1. The van der Waals surface area contributed by atoms with Gasteiger partial charge in [-0.05, 0) is 18.6 Å². The second kappa shape index (κ2) is 5.44. The minimum absolute atomic E-state index is 0.0528. The Bertz CT molecular complexity index is 521. The smallest absolute Gasteiger partial charge is 0.227 e. The molecule has 0 saturated carbocycles. The summed E-state index contributed by atoms with van der Waals surface area (Å²) < 4.78 is 0. The third-order valence-electron chi connectivity index (χ3n) is 2.65. The first kappa shape index (κ1) is 12.3. The molecule has 0 spiro atoms. The molecule has 0 aliphatic rings. The Morgan fingerprint density at radius 3 is 2.89 bits per heavy atom. The molecule has 2 heterocycles. The van der Waals surface area contributed by atoms with Crippen LogP contribution >= 0.6 is 0 Å². The van der Waals surface area contributed by atoms with Crippen LogP contribution in [0.3, 0.4) is 0 Å². The zero-order chi connectivity index (χ0) is 13.0. The highest BCUT2D eigenvalue weighted by atomic mass is 16.2. The van der Waals surface area contributed by atoms with Crippen molar-refractivity contribution < 1.29 is 4.79 Å². The van der Waals surface area contributed by atoms with Gasteiger partial charge in [-0.25, -0.2) is 4.98 Å². The van der Waals surface area contributed by atoms with Crippen LogP contribution in [0.4, 0.5) is 0 Å². The van der Waals surface area contributed by atoms with Crippen molar-refractivity contribution in [1.82, 2.24) is 19.9 Å². The van der Waals surface area contributed by atoms with E-state index in [-0.39, 0.29) is 5.91 Å². The van der Waals surface area contributed by atoms with Gasteiger partial charge in [-0.15, -0.1) is 0 Å². The zero-order valence-electron chi connectivity index (χ0n) is 10.6. The molecule has 0 aromatic carbocycles. The summed E-state index contributed by atoms with van der Waals surface area (Å²) in [5.41, 5.74) is 1.92. The van der Waals surface area contributed by atoms with Gasteiger partial charge in [0.15, 0.2) is 0 Å². The maximum atomic E-state index is 12.0. The number of aromatic nitrogens is 3. The number of aryl methyl sites for hydroxylation is 1. The van der Waals surface area contributed by atoms with Crippen molar-refractivity contribution in [3.63, 3.8) is 0 Å². The fourth-order valence-electron chi connectivity index (χ4n) is 1.67. The van der Waals surface area contributed by atoms with Crippen molar-refractivity contribution in [2.24, 2.45) is 0 Å². The van der Waals surface area contributed by atoms with Gasteiger partial charge in [0.25, 0.3) is 0 Å². The third kappa shape index (κ3) is 3.16. The predicted octanol–water partition coefficient (Wildman–Crippen LogP) is 1.31. The van der Waals surface area contributed by atoms with Crippen LogP contribution in [0.2, 0.25) is 0 Å². The Kier molecular flexibility index (Phi) is 3.72. The molecule has 2 aromatic rings. The van der Waals surface area contributed by atoms with Gasteiger partial charge in [0.1, 0.15) is 5.82 Å². The number of amides is 1.